The number of ether oxygens (including phenoxy) is 1. The standard InChI is InChI=1S/C20H29N3O2.ClH/c1-25-20(14-9-10-22-18(11-14)19(21)24)15-5-4-6-16(20)13-23(12-15)17-7-2-3-8-17;/h9-11,15-17H,2-8,12-13H2,1H3,(H2,21,24);1H/t15-,16+,20?;. The van der Waals surface area contributed by atoms with Gasteiger partial charge in [0.2, 0.25) is 0 Å². The van der Waals surface area contributed by atoms with Crippen LogP contribution in [0.5, 0.6) is 0 Å². The molecule has 4 rings (SSSR count). The topological polar surface area (TPSA) is 68.5 Å². The van der Waals surface area contributed by atoms with Gasteiger partial charge in [-0.1, -0.05) is 19.3 Å². The molecule has 1 aromatic heterocycles. The van der Waals surface area contributed by atoms with Crippen LogP contribution in [0.4, 0.5) is 0 Å². The van der Waals surface area contributed by atoms with E-state index in [0.29, 0.717) is 17.5 Å². The van der Waals surface area contributed by atoms with Gasteiger partial charge in [0.1, 0.15) is 11.3 Å². The average Bonchev–Trinajstić information content (AvgIpc) is 3.15. The minimum Gasteiger partial charge on any atom is -0.373 e. The van der Waals surface area contributed by atoms with E-state index in [1.165, 1.54) is 44.9 Å². The number of carbonyl (C=O) groups excluding carboxylic acids is 1. The first-order valence-corrected chi connectivity index (χ1v) is 9.70. The number of fused-ring (bicyclic) bond motifs is 2. The highest BCUT2D eigenvalue weighted by Gasteiger charge is 2.54. The molecular weight excluding hydrogens is 350 g/mol. The molecule has 3 atom stereocenters. The van der Waals surface area contributed by atoms with Gasteiger partial charge in [-0.05, 0) is 43.4 Å². The minimum absolute atomic E-state index is 0. The van der Waals surface area contributed by atoms with Gasteiger partial charge < -0.3 is 10.5 Å². The maximum absolute atomic E-state index is 11.6. The Morgan fingerprint density at radius 3 is 2.42 bits per heavy atom. The fourth-order valence-corrected chi connectivity index (χ4v) is 5.77. The number of likely N-dealkylation sites (tertiary alicyclic amines) is 1. The van der Waals surface area contributed by atoms with E-state index in [0.717, 1.165) is 24.7 Å². The molecular formula is C20H30ClN3O2. The molecule has 1 unspecified atom stereocenters. The summed E-state index contributed by atoms with van der Waals surface area (Å²) in [4.78, 5) is 18.5. The van der Waals surface area contributed by atoms with E-state index in [4.69, 9.17) is 10.5 Å². The van der Waals surface area contributed by atoms with Crippen LogP contribution in [-0.2, 0) is 10.3 Å². The maximum Gasteiger partial charge on any atom is 0.267 e. The van der Waals surface area contributed by atoms with E-state index in [-0.39, 0.29) is 18.0 Å². The molecule has 0 aromatic carbocycles. The third-order valence-electron chi connectivity index (χ3n) is 6.87. The highest BCUT2D eigenvalue weighted by molar-refractivity contribution is 5.90. The Bertz CT molecular complexity index is 634. The fraction of sp³-hybridized carbons (Fsp3) is 0.700. The van der Waals surface area contributed by atoms with Gasteiger partial charge >= 0.3 is 0 Å². The molecule has 2 aliphatic carbocycles. The first-order chi connectivity index (χ1) is 12.1. The number of amides is 1. The monoisotopic (exact) mass is 379 g/mol. The predicted molar refractivity (Wildman–Crippen MR) is 103 cm³/mol. The summed E-state index contributed by atoms with van der Waals surface area (Å²) in [5.74, 6) is 0.462. The van der Waals surface area contributed by atoms with E-state index < -0.39 is 5.91 Å². The van der Waals surface area contributed by atoms with Gasteiger partial charge in [0.25, 0.3) is 5.91 Å². The molecule has 144 valence electrons. The van der Waals surface area contributed by atoms with Crippen molar-refractivity contribution < 1.29 is 9.53 Å². The van der Waals surface area contributed by atoms with Crippen molar-refractivity contribution in [3.05, 3.63) is 29.6 Å². The highest BCUT2D eigenvalue weighted by atomic mass is 35.5. The second-order valence-electron chi connectivity index (χ2n) is 8.01. The summed E-state index contributed by atoms with van der Waals surface area (Å²) < 4.78 is 6.27. The smallest absolute Gasteiger partial charge is 0.267 e. The van der Waals surface area contributed by atoms with Crippen LogP contribution in [-0.4, -0.2) is 42.0 Å². The molecule has 2 N–H and O–H groups in total. The molecule has 2 heterocycles. The zero-order chi connectivity index (χ0) is 17.4. The summed E-state index contributed by atoms with van der Waals surface area (Å²) in [6, 6.07) is 4.64. The summed E-state index contributed by atoms with van der Waals surface area (Å²) in [6.45, 7) is 2.20. The Kier molecular flexibility index (Phi) is 5.90. The molecule has 2 bridgehead atoms. The van der Waals surface area contributed by atoms with Crippen LogP contribution in [0.25, 0.3) is 0 Å². The second-order valence-corrected chi connectivity index (χ2v) is 8.01. The van der Waals surface area contributed by atoms with Gasteiger partial charge in [0, 0.05) is 44.3 Å². The lowest BCUT2D eigenvalue weighted by Gasteiger charge is -2.56. The summed E-state index contributed by atoms with van der Waals surface area (Å²) in [7, 11) is 1.83. The number of primary amides is 1. The Hall–Kier alpha value is -1.17. The summed E-state index contributed by atoms with van der Waals surface area (Å²) >= 11 is 0. The van der Waals surface area contributed by atoms with Crippen LogP contribution in [0.1, 0.15) is 61.0 Å². The van der Waals surface area contributed by atoms with Crippen LogP contribution < -0.4 is 5.73 Å². The molecule has 3 aliphatic rings. The maximum atomic E-state index is 11.6. The van der Waals surface area contributed by atoms with Crippen molar-refractivity contribution in [3.63, 3.8) is 0 Å². The molecule has 26 heavy (non-hydrogen) atoms. The molecule has 3 fully saturated rings. The van der Waals surface area contributed by atoms with Crippen molar-refractivity contribution in [2.24, 2.45) is 17.6 Å². The molecule has 1 aromatic rings. The van der Waals surface area contributed by atoms with Crippen molar-refractivity contribution in [2.75, 3.05) is 20.2 Å². The van der Waals surface area contributed by atoms with Gasteiger partial charge in [0.05, 0.1) is 0 Å². The van der Waals surface area contributed by atoms with Crippen LogP contribution in [0.15, 0.2) is 18.3 Å². The highest BCUT2D eigenvalue weighted by Crippen LogP contribution is 2.52. The zero-order valence-corrected chi connectivity index (χ0v) is 16.3. The van der Waals surface area contributed by atoms with Gasteiger partial charge in [0.15, 0.2) is 0 Å². The summed E-state index contributed by atoms with van der Waals surface area (Å²) in [5.41, 5.74) is 6.58. The SMILES string of the molecule is COC1(c2ccnc(C(N)=O)c2)[C@@H]2CCC[C@H]1CN(C1CCCC1)C2.Cl. The van der Waals surface area contributed by atoms with E-state index in [2.05, 4.69) is 9.88 Å². The third-order valence-corrected chi connectivity index (χ3v) is 6.87. The number of piperidine rings is 1. The molecule has 5 nitrogen and oxygen atoms in total. The number of hydrogen-bond donors (Lipinski definition) is 1. The molecule has 6 heteroatoms. The van der Waals surface area contributed by atoms with Gasteiger partial charge in [-0.15, -0.1) is 12.4 Å². The number of methoxy groups -OCH3 is 1. The quantitative estimate of drug-likeness (QED) is 0.872. The number of carbonyl (C=O) groups is 1. The van der Waals surface area contributed by atoms with Gasteiger partial charge in [-0.2, -0.15) is 0 Å². The largest absolute Gasteiger partial charge is 0.373 e. The van der Waals surface area contributed by atoms with E-state index in [1.807, 2.05) is 19.2 Å². The second kappa shape index (κ2) is 7.83. The minimum atomic E-state index is -0.471. The molecule has 1 saturated heterocycles. The van der Waals surface area contributed by atoms with Crippen LogP contribution in [0.2, 0.25) is 0 Å². The van der Waals surface area contributed by atoms with Crippen molar-refractivity contribution in [1.82, 2.24) is 9.88 Å². The summed E-state index contributed by atoms with van der Waals surface area (Å²) in [6.07, 6.45) is 10.8. The van der Waals surface area contributed by atoms with E-state index >= 15 is 0 Å². The van der Waals surface area contributed by atoms with Crippen LogP contribution in [0, 0.1) is 11.8 Å². The third kappa shape index (κ3) is 3.14. The normalized spacial score (nSPS) is 32.2. The Balaban J connectivity index is 0.00000196. The molecule has 0 radical (unpaired) electrons. The number of nitrogens with zero attached hydrogens (tertiary/aromatic N) is 2. The van der Waals surface area contributed by atoms with E-state index in [9.17, 15) is 4.79 Å². The first-order valence-electron chi connectivity index (χ1n) is 9.70. The lowest BCUT2D eigenvalue weighted by molar-refractivity contribution is -0.174. The van der Waals surface area contributed by atoms with Crippen molar-refractivity contribution in [3.8, 4) is 0 Å². The molecule has 2 saturated carbocycles. The van der Waals surface area contributed by atoms with Crippen molar-refractivity contribution in [1.29, 1.82) is 0 Å². The van der Waals surface area contributed by atoms with Gasteiger partial charge in [-0.3, -0.25) is 14.7 Å². The number of nitrogens with two attached hydrogens (primary N) is 1. The summed E-state index contributed by atoms with van der Waals surface area (Å²) in [5, 5.41) is 0. The Morgan fingerprint density at radius 2 is 1.85 bits per heavy atom. The number of hydrogen-bond acceptors (Lipinski definition) is 4. The van der Waals surface area contributed by atoms with E-state index in [1.54, 1.807) is 6.20 Å². The Labute approximate surface area is 162 Å². The first kappa shape index (κ1) is 19.6. The average molecular weight is 380 g/mol. The number of halogens is 1. The number of rotatable bonds is 4. The van der Waals surface area contributed by atoms with Crippen molar-refractivity contribution in [2.45, 2.75) is 56.6 Å². The fourth-order valence-electron chi connectivity index (χ4n) is 5.77. The van der Waals surface area contributed by atoms with Crippen LogP contribution >= 0.6 is 12.4 Å². The van der Waals surface area contributed by atoms with Gasteiger partial charge in [-0.25, -0.2) is 0 Å². The number of aromatic nitrogens is 1. The molecule has 0 spiro atoms. The molecule has 1 amide bonds. The van der Waals surface area contributed by atoms with Crippen LogP contribution in [0.3, 0.4) is 0 Å². The molecule has 1 aliphatic heterocycles. The Morgan fingerprint density at radius 1 is 1.19 bits per heavy atom. The lowest BCUT2D eigenvalue weighted by Crippen LogP contribution is -2.60. The number of pyridine rings is 1. The van der Waals surface area contributed by atoms with Crippen molar-refractivity contribution >= 4 is 18.3 Å². The zero-order valence-electron chi connectivity index (χ0n) is 15.5. The lowest BCUT2D eigenvalue weighted by atomic mass is 9.62. The predicted octanol–water partition coefficient (Wildman–Crippen LogP) is 3.12.